The Morgan fingerprint density at radius 2 is 1.95 bits per heavy atom. The molecule has 1 saturated heterocycles. The van der Waals surface area contributed by atoms with Gasteiger partial charge in [0.15, 0.2) is 0 Å². The molecule has 1 aliphatic heterocycles. The number of rotatable bonds is 4. The van der Waals surface area contributed by atoms with E-state index in [1.165, 1.54) is 18.6 Å². The van der Waals surface area contributed by atoms with Gasteiger partial charge in [-0.1, -0.05) is 6.07 Å². The maximum absolute atomic E-state index is 11.9. The smallest absolute Gasteiger partial charge is 0.251 e. The van der Waals surface area contributed by atoms with E-state index in [4.69, 9.17) is 0 Å². The lowest BCUT2D eigenvalue weighted by atomic mass is 10.1. The molecule has 1 fully saturated rings. The standard InChI is InChI=1S/C15H20N2O3/c18-13-6-4-5-12(11-13)15(20)16-8-7-14(19)17-9-2-1-3-10-17/h4-6,11,18H,1-3,7-10H2,(H,16,20). The van der Waals surface area contributed by atoms with Gasteiger partial charge in [0.25, 0.3) is 5.91 Å². The summed E-state index contributed by atoms with van der Waals surface area (Å²) in [5.41, 5.74) is 0.399. The number of carbonyl (C=O) groups is 2. The van der Waals surface area contributed by atoms with E-state index in [0.717, 1.165) is 25.9 Å². The number of carbonyl (C=O) groups excluding carboxylic acids is 2. The molecule has 0 spiro atoms. The molecule has 0 radical (unpaired) electrons. The van der Waals surface area contributed by atoms with Gasteiger partial charge in [-0.25, -0.2) is 0 Å². The Kier molecular flexibility index (Phi) is 4.98. The third-order valence-electron chi connectivity index (χ3n) is 3.44. The van der Waals surface area contributed by atoms with Gasteiger partial charge in [0.05, 0.1) is 0 Å². The van der Waals surface area contributed by atoms with Crippen LogP contribution in [0.2, 0.25) is 0 Å². The Morgan fingerprint density at radius 1 is 1.20 bits per heavy atom. The topological polar surface area (TPSA) is 69.6 Å². The van der Waals surface area contributed by atoms with E-state index >= 15 is 0 Å². The van der Waals surface area contributed by atoms with E-state index in [2.05, 4.69) is 5.32 Å². The second-order valence-electron chi connectivity index (χ2n) is 5.00. The Morgan fingerprint density at radius 3 is 2.65 bits per heavy atom. The fourth-order valence-electron chi connectivity index (χ4n) is 2.33. The van der Waals surface area contributed by atoms with Crippen LogP contribution in [0.25, 0.3) is 0 Å². The lowest BCUT2D eigenvalue weighted by Crippen LogP contribution is -2.37. The molecule has 0 saturated carbocycles. The fraction of sp³-hybridized carbons (Fsp3) is 0.467. The molecule has 2 N–H and O–H groups in total. The van der Waals surface area contributed by atoms with Crippen molar-refractivity contribution in [3.05, 3.63) is 29.8 Å². The Bertz CT molecular complexity index is 482. The molecule has 5 nitrogen and oxygen atoms in total. The molecule has 0 aromatic heterocycles. The highest BCUT2D eigenvalue weighted by atomic mass is 16.3. The van der Waals surface area contributed by atoms with Crippen molar-refractivity contribution in [1.29, 1.82) is 0 Å². The molecule has 0 aliphatic carbocycles. The van der Waals surface area contributed by atoms with Crippen molar-refractivity contribution in [2.75, 3.05) is 19.6 Å². The first-order chi connectivity index (χ1) is 9.66. The molecule has 1 heterocycles. The SMILES string of the molecule is O=C(NCCC(=O)N1CCCCC1)c1cccc(O)c1. The highest BCUT2D eigenvalue weighted by Crippen LogP contribution is 2.11. The summed E-state index contributed by atoms with van der Waals surface area (Å²) in [6, 6.07) is 6.16. The molecular formula is C15H20N2O3. The number of amides is 2. The lowest BCUT2D eigenvalue weighted by molar-refractivity contribution is -0.131. The summed E-state index contributed by atoms with van der Waals surface area (Å²) in [7, 11) is 0. The second kappa shape index (κ2) is 6.93. The Balaban J connectivity index is 1.75. The number of phenolic OH excluding ortho intramolecular Hbond substituents is 1. The molecule has 2 rings (SSSR count). The summed E-state index contributed by atoms with van der Waals surface area (Å²) in [4.78, 5) is 25.6. The number of phenols is 1. The van der Waals surface area contributed by atoms with Crippen LogP contribution in [0.15, 0.2) is 24.3 Å². The molecular weight excluding hydrogens is 256 g/mol. The van der Waals surface area contributed by atoms with Gasteiger partial charge in [0, 0.05) is 31.6 Å². The van der Waals surface area contributed by atoms with Gasteiger partial charge in [-0.15, -0.1) is 0 Å². The van der Waals surface area contributed by atoms with Crippen LogP contribution in [0.3, 0.4) is 0 Å². The van der Waals surface area contributed by atoms with Crippen molar-refractivity contribution < 1.29 is 14.7 Å². The van der Waals surface area contributed by atoms with Gasteiger partial charge >= 0.3 is 0 Å². The third kappa shape index (κ3) is 3.98. The van der Waals surface area contributed by atoms with Gasteiger partial charge in [-0.2, -0.15) is 0 Å². The van der Waals surface area contributed by atoms with Gasteiger partial charge in [0.1, 0.15) is 5.75 Å². The lowest BCUT2D eigenvalue weighted by Gasteiger charge is -2.26. The predicted molar refractivity (Wildman–Crippen MR) is 75.5 cm³/mol. The van der Waals surface area contributed by atoms with E-state index in [0.29, 0.717) is 18.5 Å². The van der Waals surface area contributed by atoms with Gasteiger partial charge < -0.3 is 15.3 Å². The Hall–Kier alpha value is -2.04. The number of aromatic hydroxyl groups is 1. The minimum atomic E-state index is -0.271. The summed E-state index contributed by atoms with van der Waals surface area (Å²) < 4.78 is 0. The van der Waals surface area contributed by atoms with Crippen LogP contribution in [0, 0.1) is 0 Å². The molecule has 0 atom stereocenters. The third-order valence-corrected chi connectivity index (χ3v) is 3.44. The zero-order valence-electron chi connectivity index (χ0n) is 11.5. The number of likely N-dealkylation sites (tertiary alicyclic amines) is 1. The number of hydrogen-bond acceptors (Lipinski definition) is 3. The molecule has 20 heavy (non-hydrogen) atoms. The van der Waals surface area contributed by atoms with Gasteiger partial charge in [-0.05, 0) is 37.5 Å². The van der Waals surface area contributed by atoms with E-state index < -0.39 is 0 Å². The summed E-state index contributed by atoms with van der Waals surface area (Å²) in [6.45, 7) is 1.99. The number of piperidine rings is 1. The molecule has 5 heteroatoms. The van der Waals surface area contributed by atoms with E-state index in [-0.39, 0.29) is 17.6 Å². The number of benzene rings is 1. The average Bonchev–Trinajstić information content (AvgIpc) is 2.48. The number of hydrogen-bond donors (Lipinski definition) is 2. The van der Waals surface area contributed by atoms with Crippen molar-refractivity contribution in [2.24, 2.45) is 0 Å². The van der Waals surface area contributed by atoms with E-state index in [9.17, 15) is 14.7 Å². The Labute approximate surface area is 118 Å². The molecule has 0 bridgehead atoms. The first-order valence-electron chi connectivity index (χ1n) is 7.02. The van der Waals surface area contributed by atoms with Crippen LogP contribution in [-0.4, -0.2) is 41.5 Å². The molecule has 108 valence electrons. The first kappa shape index (κ1) is 14.4. The van der Waals surface area contributed by atoms with Crippen LogP contribution in [0.4, 0.5) is 0 Å². The summed E-state index contributed by atoms with van der Waals surface area (Å²) in [6.07, 6.45) is 3.66. The van der Waals surface area contributed by atoms with Crippen LogP contribution < -0.4 is 5.32 Å². The zero-order valence-corrected chi connectivity index (χ0v) is 11.5. The van der Waals surface area contributed by atoms with Crippen LogP contribution >= 0.6 is 0 Å². The van der Waals surface area contributed by atoms with Crippen LogP contribution in [0.1, 0.15) is 36.0 Å². The first-order valence-corrected chi connectivity index (χ1v) is 7.02. The average molecular weight is 276 g/mol. The van der Waals surface area contributed by atoms with Crippen molar-refractivity contribution in [3.63, 3.8) is 0 Å². The molecule has 1 aliphatic rings. The van der Waals surface area contributed by atoms with Crippen molar-refractivity contribution >= 4 is 11.8 Å². The second-order valence-corrected chi connectivity index (χ2v) is 5.00. The van der Waals surface area contributed by atoms with E-state index in [1.54, 1.807) is 12.1 Å². The maximum Gasteiger partial charge on any atom is 0.251 e. The summed E-state index contributed by atoms with van der Waals surface area (Å²) in [5.74, 6) is -0.115. The summed E-state index contributed by atoms with van der Waals surface area (Å²) in [5, 5.41) is 12.0. The highest BCUT2D eigenvalue weighted by Gasteiger charge is 2.16. The van der Waals surface area contributed by atoms with Gasteiger partial charge in [-0.3, -0.25) is 9.59 Å². The largest absolute Gasteiger partial charge is 0.508 e. The van der Waals surface area contributed by atoms with Gasteiger partial charge in [0.2, 0.25) is 5.91 Å². The minimum Gasteiger partial charge on any atom is -0.508 e. The minimum absolute atomic E-state index is 0.0574. The van der Waals surface area contributed by atoms with Crippen molar-refractivity contribution in [2.45, 2.75) is 25.7 Å². The molecule has 1 aromatic carbocycles. The van der Waals surface area contributed by atoms with Crippen molar-refractivity contribution in [3.8, 4) is 5.75 Å². The quantitative estimate of drug-likeness (QED) is 0.876. The maximum atomic E-state index is 11.9. The highest BCUT2D eigenvalue weighted by molar-refractivity contribution is 5.94. The van der Waals surface area contributed by atoms with E-state index in [1.807, 2.05) is 4.90 Å². The normalized spacial score (nSPS) is 14.9. The molecule has 2 amide bonds. The molecule has 0 unspecified atom stereocenters. The van der Waals surface area contributed by atoms with Crippen molar-refractivity contribution in [1.82, 2.24) is 10.2 Å². The number of nitrogens with one attached hydrogen (secondary N) is 1. The predicted octanol–water partition coefficient (Wildman–Crippen LogP) is 1.52. The number of nitrogens with zero attached hydrogens (tertiary/aromatic N) is 1. The fourth-order valence-corrected chi connectivity index (χ4v) is 2.33. The zero-order chi connectivity index (χ0) is 14.4. The summed E-state index contributed by atoms with van der Waals surface area (Å²) >= 11 is 0. The van der Waals surface area contributed by atoms with Crippen LogP contribution in [0.5, 0.6) is 5.75 Å². The monoisotopic (exact) mass is 276 g/mol. The molecule has 1 aromatic rings. The van der Waals surface area contributed by atoms with Crippen LogP contribution in [-0.2, 0) is 4.79 Å².